The first-order valence-electron chi connectivity index (χ1n) is 13.1. The predicted molar refractivity (Wildman–Crippen MR) is 136 cm³/mol. The second-order valence-electron chi connectivity index (χ2n) is 10.8. The number of aromatic nitrogens is 3. The Morgan fingerprint density at radius 1 is 1.17 bits per heavy atom. The molecule has 2 N–H and O–H groups in total. The van der Waals surface area contributed by atoms with Crippen LogP contribution in [0.2, 0.25) is 0 Å². The molecule has 2 aromatic heterocycles. The Bertz CT molecular complexity index is 1160. The molecule has 1 spiro atoms. The van der Waals surface area contributed by atoms with E-state index >= 15 is 0 Å². The zero-order valence-electron chi connectivity index (χ0n) is 21.0. The maximum Gasteiger partial charge on any atom is 0.272 e. The van der Waals surface area contributed by atoms with E-state index in [1.54, 1.807) is 12.3 Å². The Balaban J connectivity index is 1.19. The van der Waals surface area contributed by atoms with Crippen LogP contribution >= 0.6 is 0 Å². The molecule has 2 atom stereocenters. The summed E-state index contributed by atoms with van der Waals surface area (Å²) >= 11 is 0. The molecule has 5 heterocycles. The number of amides is 2. The fourth-order valence-electron chi connectivity index (χ4n) is 6.37. The van der Waals surface area contributed by atoms with Gasteiger partial charge in [-0.25, -0.2) is 9.97 Å². The predicted octanol–water partition coefficient (Wildman–Crippen LogP) is 1.96. The van der Waals surface area contributed by atoms with Crippen molar-refractivity contribution in [2.45, 2.75) is 62.6 Å². The highest BCUT2D eigenvalue weighted by atomic mass is 16.2. The largest absolute Gasteiger partial charge is 0.354 e. The molecule has 2 saturated heterocycles. The molecule has 0 aromatic carbocycles. The highest BCUT2D eigenvalue weighted by molar-refractivity contribution is 5.95. The highest BCUT2D eigenvalue weighted by Crippen LogP contribution is 2.46. The number of hydrogen-bond donors (Lipinski definition) is 2. The molecule has 3 aliphatic heterocycles. The minimum absolute atomic E-state index is 0.0352. The molecule has 1 saturated carbocycles. The maximum absolute atomic E-state index is 13.0. The van der Waals surface area contributed by atoms with Gasteiger partial charge in [-0.3, -0.25) is 9.59 Å². The molecule has 3 fully saturated rings. The van der Waals surface area contributed by atoms with Crippen molar-refractivity contribution in [3.8, 4) is 0 Å². The van der Waals surface area contributed by atoms with Crippen LogP contribution in [0.3, 0.4) is 0 Å². The second-order valence-corrected chi connectivity index (χ2v) is 10.8. The summed E-state index contributed by atoms with van der Waals surface area (Å²) in [5.74, 6) is 1.43. The summed E-state index contributed by atoms with van der Waals surface area (Å²) in [6.45, 7) is 2.19. The lowest BCUT2D eigenvalue weighted by atomic mass is 9.91. The minimum Gasteiger partial charge on any atom is -0.354 e. The van der Waals surface area contributed by atoms with Crippen molar-refractivity contribution < 1.29 is 9.59 Å². The van der Waals surface area contributed by atoms with Crippen LogP contribution in [-0.4, -0.2) is 87.9 Å². The fourth-order valence-corrected chi connectivity index (χ4v) is 6.37. The van der Waals surface area contributed by atoms with Gasteiger partial charge in [0, 0.05) is 49.9 Å². The number of hydrogen-bond acceptors (Lipinski definition) is 8. The summed E-state index contributed by atoms with van der Waals surface area (Å²) in [6, 6.07) is 4.33. The van der Waals surface area contributed by atoms with Gasteiger partial charge in [0.15, 0.2) is 0 Å². The van der Waals surface area contributed by atoms with Gasteiger partial charge in [-0.2, -0.15) is 4.98 Å². The molecule has 2 aromatic rings. The third kappa shape index (κ3) is 3.87. The van der Waals surface area contributed by atoms with Crippen LogP contribution in [-0.2, 0) is 11.2 Å². The van der Waals surface area contributed by atoms with Gasteiger partial charge in [0.1, 0.15) is 17.1 Å². The minimum atomic E-state index is -0.532. The molecule has 36 heavy (non-hydrogen) atoms. The first kappa shape index (κ1) is 23.1. The van der Waals surface area contributed by atoms with Crippen LogP contribution in [0.15, 0.2) is 24.5 Å². The van der Waals surface area contributed by atoms with Crippen LogP contribution in [0, 0.1) is 0 Å². The SMILES string of the molecule is CN(C)[C@@H]1CCN(C(=O)c2ccc(Nc3ncc4c(n3)N(C3CCCC3)C3(CCNC3=O)C4)cn2)C1. The van der Waals surface area contributed by atoms with Crippen LogP contribution in [0.25, 0.3) is 0 Å². The fraction of sp³-hybridized carbons (Fsp3) is 0.577. The van der Waals surface area contributed by atoms with Crippen LogP contribution in [0.4, 0.5) is 17.5 Å². The zero-order chi connectivity index (χ0) is 24.9. The summed E-state index contributed by atoms with van der Waals surface area (Å²) in [4.78, 5) is 46.1. The van der Waals surface area contributed by atoms with Gasteiger partial charge in [-0.05, 0) is 51.9 Å². The summed E-state index contributed by atoms with van der Waals surface area (Å²) in [5, 5.41) is 6.30. The van der Waals surface area contributed by atoms with E-state index in [0.29, 0.717) is 36.7 Å². The number of carbonyl (C=O) groups excluding carboxylic acids is 2. The van der Waals surface area contributed by atoms with Crippen molar-refractivity contribution in [2.24, 2.45) is 0 Å². The van der Waals surface area contributed by atoms with Gasteiger partial charge in [0.25, 0.3) is 5.91 Å². The third-order valence-electron chi connectivity index (χ3n) is 8.37. The average molecular weight is 491 g/mol. The number of likely N-dealkylation sites (N-methyl/N-ethyl adjacent to an activating group) is 1. The van der Waals surface area contributed by atoms with Gasteiger partial charge >= 0.3 is 0 Å². The van der Waals surface area contributed by atoms with Crippen LogP contribution < -0.4 is 15.5 Å². The quantitative estimate of drug-likeness (QED) is 0.655. The number of anilines is 3. The summed E-state index contributed by atoms with van der Waals surface area (Å²) in [7, 11) is 4.10. The molecule has 0 bridgehead atoms. The van der Waals surface area contributed by atoms with E-state index < -0.39 is 5.54 Å². The van der Waals surface area contributed by atoms with E-state index in [9.17, 15) is 9.59 Å². The first-order chi connectivity index (χ1) is 17.4. The Morgan fingerprint density at radius 3 is 2.67 bits per heavy atom. The normalized spacial score (nSPS) is 25.8. The molecule has 6 rings (SSSR count). The Hall–Kier alpha value is -3.27. The zero-order valence-corrected chi connectivity index (χ0v) is 21.0. The summed E-state index contributed by atoms with van der Waals surface area (Å²) in [6.07, 6.45) is 10.5. The molecular formula is C26H34N8O2. The van der Waals surface area contributed by atoms with Crippen molar-refractivity contribution in [3.05, 3.63) is 35.8 Å². The molecule has 1 unspecified atom stereocenters. The number of carbonyl (C=O) groups is 2. The van der Waals surface area contributed by atoms with Crippen molar-refractivity contribution in [2.75, 3.05) is 43.9 Å². The maximum atomic E-state index is 13.0. The number of likely N-dealkylation sites (tertiary alicyclic amines) is 1. The molecule has 1 aliphatic carbocycles. The average Bonchev–Trinajstić information content (AvgIpc) is 3.67. The van der Waals surface area contributed by atoms with E-state index in [1.807, 2.05) is 31.3 Å². The molecule has 4 aliphatic rings. The van der Waals surface area contributed by atoms with Gasteiger partial charge in [-0.15, -0.1) is 0 Å². The topological polar surface area (TPSA) is 107 Å². The molecule has 0 radical (unpaired) electrons. The highest BCUT2D eigenvalue weighted by Gasteiger charge is 2.55. The number of nitrogens with one attached hydrogen (secondary N) is 2. The Kier molecular flexibility index (Phi) is 5.78. The number of nitrogens with zero attached hydrogens (tertiary/aromatic N) is 6. The Morgan fingerprint density at radius 2 is 2.00 bits per heavy atom. The van der Waals surface area contributed by atoms with Crippen molar-refractivity contribution >= 4 is 29.3 Å². The summed E-state index contributed by atoms with van der Waals surface area (Å²) in [5.41, 5.74) is 1.66. The Labute approximate surface area is 211 Å². The van der Waals surface area contributed by atoms with Crippen molar-refractivity contribution in [1.82, 2.24) is 30.1 Å². The van der Waals surface area contributed by atoms with E-state index in [2.05, 4.69) is 30.4 Å². The van der Waals surface area contributed by atoms with Gasteiger partial charge < -0.3 is 25.3 Å². The van der Waals surface area contributed by atoms with Crippen molar-refractivity contribution in [3.63, 3.8) is 0 Å². The van der Waals surface area contributed by atoms with E-state index in [0.717, 1.165) is 55.8 Å². The molecule has 10 nitrogen and oxygen atoms in total. The third-order valence-corrected chi connectivity index (χ3v) is 8.37. The lowest BCUT2D eigenvalue weighted by Gasteiger charge is -2.38. The van der Waals surface area contributed by atoms with E-state index in [1.165, 1.54) is 12.8 Å². The summed E-state index contributed by atoms with van der Waals surface area (Å²) < 4.78 is 0. The lowest BCUT2D eigenvalue weighted by Crippen LogP contribution is -2.56. The molecule has 190 valence electrons. The van der Waals surface area contributed by atoms with Crippen LogP contribution in [0.5, 0.6) is 0 Å². The van der Waals surface area contributed by atoms with Gasteiger partial charge in [-0.1, -0.05) is 12.8 Å². The van der Waals surface area contributed by atoms with E-state index in [-0.39, 0.29) is 11.8 Å². The molecule has 2 amide bonds. The number of rotatable bonds is 5. The number of pyridine rings is 1. The molecular weight excluding hydrogens is 456 g/mol. The molecule has 10 heteroatoms. The first-order valence-corrected chi connectivity index (χ1v) is 13.1. The van der Waals surface area contributed by atoms with Gasteiger partial charge in [0.05, 0.1) is 11.9 Å². The monoisotopic (exact) mass is 490 g/mol. The lowest BCUT2D eigenvalue weighted by molar-refractivity contribution is -0.123. The van der Waals surface area contributed by atoms with Gasteiger partial charge in [0.2, 0.25) is 11.9 Å². The number of fused-ring (bicyclic) bond motifs is 1. The smallest absolute Gasteiger partial charge is 0.272 e. The second kappa shape index (κ2) is 8.99. The van der Waals surface area contributed by atoms with E-state index in [4.69, 9.17) is 4.98 Å². The standard InChI is InChI=1S/C26H34N8O2/c1-32(2)20-9-12-33(16-20)23(35)21-8-7-18(15-28-21)30-25-29-14-17-13-26(10-11-27-24(26)36)34(22(17)31-25)19-5-3-4-6-19/h7-8,14-15,19-20H,3-6,9-13,16H2,1-2H3,(H,27,36)(H,29,30,31)/t20-,26?/m1/s1. The van der Waals surface area contributed by atoms with Crippen LogP contribution in [0.1, 0.15) is 54.6 Å². The van der Waals surface area contributed by atoms with Crippen molar-refractivity contribution in [1.29, 1.82) is 0 Å².